The highest BCUT2D eigenvalue weighted by molar-refractivity contribution is 7.10. The van der Waals surface area contributed by atoms with Crippen molar-refractivity contribution in [3.05, 3.63) is 22.4 Å². The van der Waals surface area contributed by atoms with Crippen LogP contribution >= 0.6 is 11.3 Å². The van der Waals surface area contributed by atoms with Crippen molar-refractivity contribution in [2.24, 2.45) is 16.8 Å². The molecule has 6 heteroatoms. The Labute approximate surface area is 119 Å². The van der Waals surface area contributed by atoms with Crippen LogP contribution in [0.5, 0.6) is 0 Å². The molecule has 1 rings (SSSR count). The van der Waals surface area contributed by atoms with E-state index in [2.05, 4.69) is 47.1 Å². The highest BCUT2D eigenvalue weighted by atomic mass is 32.1. The second-order valence-corrected chi connectivity index (χ2v) is 5.58. The van der Waals surface area contributed by atoms with E-state index in [-0.39, 0.29) is 6.04 Å². The van der Waals surface area contributed by atoms with Gasteiger partial charge in [-0.15, -0.1) is 11.3 Å². The van der Waals surface area contributed by atoms with Crippen LogP contribution in [-0.4, -0.2) is 26.2 Å². The molecule has 0 aliphatic carbocycles. The molecule has 1 aromatic rings. The van der Waals surface area contributed by atoms with Gasteiger partial charge in [-0.05, 0) is 23.8 Å². The highest BCUT2D eigenvalue weighted by Crippen LogP contribution is 2.25. The van der Waals surface area contributed by atoms with Crippen LogP contribution in [0.15, 0.2) is 22.5 Å². The minimum absolute atomic E-state index is 0.220. The SMILES string of the molecule is COCCCN=C(NN)NC(c1cccs1)C(C)C. The number of hydrogen-bond acceptors (Lipinski definition) is 4. The minimum atomic E-state index is 0.220. The van der Waals surface area contributed by atoms with Gasteiger partial charge in [-0.25, -0.2) is 5.84 Å². The molecule has 1 unspecified atom stereocenters. The van der Waals surface area contributed by atoms with Crippen molar-refractivity contribution >= 4 is 17.3 Å². The van der Waals surface area contributed by atoms with Gasteiger partial charge in [0.15, 0.2) is 0 Å². The van der Waals surface area contributed by atoms with E-state index >= 15 is 0 Å². The number of nitrogens with one attached hydrogen (secondary N) is 2. The zero-order valence-corrected chi connectivity index (χ0v) is 12.7. The molecule has 1 heterocycles. The Morgan fingerprint density at radius 2 is 2.32 bits per heavy atom. The maximum Gasteiger partial charge on any atom is 0.206 e. The van der Waals surface area contributed by atoms with E-state index in [1.165, 1.54) is 4.88 Å². The molecule has 0 bridgehead atoms. The Bertz CT molecular complexity index is 365. The fraction of sp³-hybridized carbons (Fsp3) is 0.615. The van der Waals surface area contributed by atoms with E-state index in [1.807, 2.05) is 0 Å². The third-order valence-electron chi connectivity index (χ3n) is 2.72. The molecule has 0 saturated carbocycles. The Hall–Kier alpha value is -1.11. The fourth-order valence-electron chi connectivity index (χ4n) is 1.71. The number of nitrogens with zero attached hydrogens (tertiary/aromatic N) is 1. The molecular formula is C13H24N4OS. The summed E-state index contributed by atoms with van der Waals surface area (Å²) in [5, 5.41) is 5.45. The third kappa shape index (κ3) is 5.59. The normalized spacial score (nSPS) is 13.6. The molecule has 1 aromatic heterocycles. The summed E-state index contributed by atoms with van der Waals surface area (Å²) in [4.78, 5) is 5.69. The first kappa shape index (κ1) is 15.9. The fourth-order valence-corrected chi connectivity index (χ4v) is 2.66. The molecule has 0 saturated heterocycles. The van der Waals surface area contributed by atoms with Crippen LogP contribution in [0.1, 0.15) is 31.2 Å². The van der Waals surface area contributed by atoms with E-state index in [4.69, 9.17) is 10.6 Å². The van der Waals surface area contributed by atoms with E-state index in [0.717, 1.165) is 6.42 Å². The van der Waals surface area contributed by atoms with Crippen molar-refractivity contribution in [2.45, 2.75) is 26.3 Å². The van der Waals surface area contributed by atoms with Crippen molar-refractivity contribution in [1.82, 2.24) is 10.7 Å². The molecule has 0 aliphatic rings. The van der Waals surface area contributed by atoms with Gasteiger partial charge in [0.2, 0.25) is 5.96 Å². The molecule has 1 atom stereocenters. The summed E-state index contributed by atoms with van der Waals surface area (Å²) in [5.41, 5.74) is 2.63. The van der Waals surface area contributed by atoms with Crippen LogP contribution in [-0.2, 0) is 4.74 Å². The summed E-state index contributed by atoms with van der Waals surface area (Å²) < 4.78 is 5.00. The lowest BCUT2D eigenvalue weighted by Crippen LogP contribution is -2.44. The van der Waals surface area contributed by atoms with Gasteiger partial charge in [0.1, 0.15) is 0 Å². The van der Waals surface area contributed by atoms with Crippen LogP contribution in [0, 0.1) is 5.92 Å². The molecule has 5 nitrogen and oxygen atoms in total. The first-order valence-corrected chi connectivity index (χ1v) is 7.37. The summed E-state index contributed by atoms with van der Waals surface area (Å²) in [6.45, 7) is 5.75. The van der Waals surface area contributed by atoms with Crippen molar-refractivity contribution < 1.29 is 4.74 Å². The van der Waals surface area contributed by atoms with Crippen molar-refractivity contribution in [3.8, 4) is 0 Å². The van der Waals surface area contributed by atoms with Crippen LogP contribution in [0.3, 0.4) is 0 Å². The zero-order valence-electron chi connectivity index (χ0n) is 11.8. The predicted molar refractivity (Wildman–Crippen MR) is 81.2 cm³/mol. The Balaban J connectivity index is 2.60. The first-order valence-electron chi connectivity index (χ1n) is 6.49. The minimum Gasteiger partial charge on any atom is -0.385 e. The summed E-state index contributed by atoms with van der Waals surface area (Å²) >= 11 is 1.74. The lowest BCUT2D eigenvalue weighted by atomic mass is 10.0. The van der Waals surface area contributed by atoms with Gasteiger partial charge in [-0.1, -0.05) is 19.9 Å². The van der Waals surface area contributed by atoms with Crippen molar-refractivity contribution in [1.29, 1.82) is 0 Å². The zero-order chi connectivity index (χ0) is 14.1. The van der Waals surface area contributed by atoms with E-state index < -0.39 is 0 Å². The third-order valence-corrected chi connectivity index (χ3v) is 3.68. The number of nitrogens with two attached hydrogens (primary N) is 1. The van der Waals surface area contributed by atoms with E-state index in [0.29, 0.717) is 25.0 Å². The van der Waals surface area contributed by atoms with Crippen LogP contribution in [0.4, 0.5) is 0 Å². The second-order valence-electron chi connectivity index (χ2n) is 4.60. The van der Waals surface area contributed by atoms with Crippen molar-refractivity contribution in [2.75, 3.05) is 20.3 Å². The van der Waals surface area contributed by atoms with Crippen LogP contribution in [0.2, 0.25) is 0 Å². The summed E-state index contributed by atoms with van der Waals surface area (Å²) in [5.74, 6) is 6.60. The number of guanidine groups is 1. The lowest BCUT2D eigenvalue weighted by Gasteiger charge is -2.23. The van der Waals surface area contributed by atoms with Crippen LogP contribution in [0.25, 0.3) is 0 Å². The molecule has 4 N–H and O–H groups in total. The standard InChI is InChI=1S/C13H24N4OS/c1-10(2)12(11-6-4-9-19-11)16-13(17-14)15-7-5-8-18-3/h4,6,9-10,12H,5,7-8,14H2,1-3H3,(H2,15,16,17). The van der Waals surface area contributed by atoms with Gasteiger partial charge in [-0.3, -0.25) is 10.4 Å². The topological polar surface area (TPSA) is 71.7 Å². The smallest absolute Gasteiger partial charge is 0.206 e. The second kappa shape index (κ2) is 8.90. The Morgan fingerprint density at radius 1 is 1.53 bits per heavy atom. The number of thiophene rings is 1. The quantitative estimate of drug-likeness (QED) is 0.235. The predicted octanol–water partition coefficient (Wildman–Crippen LogP) is 1.89. The van der Waals surface area contributed by atoms with Gasteiger partial charge in [-0.2, -0.15) is 0 Å². The Kier molecular flexibility index (Phi) is 7.47. The van der Waals surface area contributed by atoms with Crippen LogP contribution < -0.4 is 16.6 Å². The van der Waals surface area contributed by atoms with Gasteiger partial charge < -0.3 is 10.1 Å². The molecule has 108 valence electrons. The average molecular weight is 284 g/mol. The molecule has 0 amide bonds. The molecule has 0 spiro atoms. The number of methoxy groups -OCH3 is 1. The largest absolute Gasteiger partial charge is 0.385 e. The van der Waals surface area contributed by atoms with Gasteiger partial charge in [0.25, 0.3) is 0 Å². The number of ether oxygens (including phenoxy) is 1. The maximum atomic E-state index is 5.52. The lowest BCUT2D eigenvalue weighted by molar-refractivity contribution is 0.197. The summed E-state index contributed by atoms with van der Waals surface area (Å²) in [7, 11) is 1.69. The van der Waals surface area contributed by atoms with Gasteiger partial charge >= 0.3 is 0 Å². The number of hydrazine groups is 1. The van der Waals surface area contributed by atoms with E-state index in [9.17, 15) is 0 Å². The summed E-state index contributed by atoms with van der Waals surface area (Å²) in [6, 6.07) is 4.40. The molecular weight excluding hydrogens is 260 g/mol. The number of hydrogen-bond donors (Lipinski definition) is 3. The maximum absolute atomic E-state index is 5.52. The number of rotatable bonds is 7. The van der Waals surface area contributed by atoms with E-state index in [1.54, 1.807) is 18.4 Å². The monoisotopic (exact) mass is 284 g/mol. The molecule has 0 fully saturated rings. The first-order chi connectivity index (χ1) is 9.19. The van der Waals surface area contributed by atoms with Gasteiger partial charge in [0, 0.05) is 25.1 Å². The summed E-state index contributed by atoms with van der Waals surface area (Å²) in [6.07, 6.45) is 0.884. The molecule has 0 aromatic carbocycles. The van der Waals surface area contributed by atoms with Gasteiger partial charge in [0.05, 0.1) is 6.04 Å². The highest BCUT2D eigenvalue weighted by Gasteiger charge is 2.17. The Morgan fingerprint density at radius 3 is 2.84 bits per heavy atom. The molecule has 0 aliphatic heterocycles. The number of aliphatic imine (C=N–C) groups is 1. The molecule has 19 heavy (non-hydrogen) atoms. The van der Waals surface area contributed by atoms with Crippen molar-refractivity contribution in [3.63, 3.8) is 0 Å². The average Bonchev–Trinajstić information content (AvgIpc) is 2.91. The molecule has 0 radical (unpaired) electrons.